The van der Waals surface area contributed by atoms with Gasteiger partial charge in [0, 0.05) is 7.05 Å². The minimum atomic E-state index is -4.06. The maximum Gasteiger partial charge on any atom is 0.321 e. The van der Waals surface area contributed by atoms with Crippen molar-refractivity contribution in [2.45, 2.75) is 36.1 Å². The van der Waals surface area contributed by atoms with Gasteiger partial charge in [-0.25, -0.2) is 12.8 Å². The predicted octanol–water partition coefficient (Wildman–Crippen LogP) is 2.29. The molecule has 0 atom stereocenters. The highest BCUT2D eigenvalue weighted by Gasteiger charge is 2.52. The number of likely N-dealkylation sites (N-methyl/N-ethyl adjacent to an activating group) is 1. The number of fused-ring (bicyclic) bond motifs is 1. The zero-order chi connectivity index (χ0) is 24.5. The number of nitrogens with one attached hydrogen (secondary N) is 1. The molecule has 9 nitrogen and oxygen atoms in total. The fourth-order valence-corrected chi connectivity index (χ4v) is 5.55. The lowest BCUT2D eigenvalue weighted by molar-refractivity contribution is -0.148. The summed E-state index contributed by atoms with van der Waals surface area (Å²) in [6.07, 6.45) is 2.55. The van der Waals surface area contributed by atoms with Crippen molar-refractivity contribution >= 4 is 39.2 Å². The number of esters is 1. The second-order valence-electron chi connectivity index (χ2n) is 8.31. The molecule has 0 aromatic heterocycles. The van der Waals surface area contributed by atoms with Gasteiger partial charge in [0.1, 0.15) is 17.9 Å². The van der Waals surface area contributed by atoms with Crippen LogP contribution in [0.4, 0.5) is 15.8 Å². The standard InChI is InChI=1S/C23H24FN3O6S/c1-26(34(31,32)17-10-8-16(24)9-11-17)14-21(29)33-15-20(28)27-19-7-3-2-6-18(19)25-22(30)23(27)12-4-5-13-23/h2-3,6-11H,4-5,12-15H2,1H3,(H,25,30). The van der Waals surface area contributed by atoms with Crippen molar-refractivity contribution in [3.63, 3.8) is 0 Å². The average molecular weight is 490 g/mol. The topological polar surface area (TPSA) is 113 Å². The van der Waals surface area contributed by atoms with Gasteiger partial charge in [-0.3, -0.25) is 19.3 Å². The molecule has 34 heavy (non-hydrogen) atoms. The van der Waals surface area contributed by atoms with Gasteiger partial charge in [0.05, 0.1) is 16.3 Å². The normalized spacial score (nSPS) is 16.9. The molecule has 0 bridgehead atoms. The van der Waals surface area contributed by atoms with Gasteiger partial charge in [-0.1, -0.05) is 25.0 Å². The highest BCUT2D eigenvalue weighted by molar-refractivity contribution is 7.89. The van der Waals surface area contributed by atoms with E-state index in [1.165, 1.54) is 11.9 Å². The number of rotatable bonds is 6. The first kappa shape index (κ1) is 23.8. The van der Waals surface area contributed by atoms with Crippen molar-refractivity contribution in [2.75, 3.05) is 30.4 Å². The smallest absolute Gasteiger partial charge is 0.321 e. The van der Waals surface area contributed by atoms with Crippen LogP contribution < -0.4 is 10.2 Å². The number of nitrogens with zero attached hydrogens (tertiary/aromatic N) is 2. The number of para-hydroxylation sites is 2. The van der Waals surface area contributed by atoms with Gasteiger partial charge in [0.2, 0.25) is 10.0 Å². The van der Waals surface area contributed by atoms with Crippen LogP contribution in [0.25, 0.3) is 0 Å². The second kappa shape index (κ2) is 9.15. The van der Waals surface area contributed by atoms with E-state index < -0.39 is 46.4 Å². The van der Waals surface area contributed by atoms with Crippen LogP contribution in [-0.4, -0.2) is 56.2 Å². The Morgan fingerprint density at radius 3 is 2.44 bits per heavy atom. The number of amides is 2. The van der Waals surface area contributed by atoms with Crippen LogP contribution in [0.1, 0.15) is 25.7 Å². The Morgan fingerprint density at radius 1 is 1.12 bits per heavy atom. The summed E-state index contributed by atoms with van der Waals surface area (Å²) in [6, 6.07) is 11.1. The highest BCUT2D eigenvalue weighted by atomic mass is 32.2. The van der Waals surface area contributed by atoms with E-state index in [4.69, 9.17) is 4.74 Å². The lowest BCUT2D eigenvalue weighted by Gasteiger charge is -2.44. The van der Waals surface area contributed by atoms with Crippen LogP contribution in [0.3, 0.4) is 0 Å². The molecule has 0 unspecified atom stereocenters. The van der Waals surface area contributed by atoms with Crippen molar-refractivity contribution in [1.29, 1.82) is 0 Å². The molecular formula is C23H24FN3O6S. The Balaban J connectivity index is 1.46. The average Bonchev–Trinajstić information content (AvgIpc) is 3.29. The van der Waals surface area contributed by atoms with Crippen LogP contribution in [0, 0.1) is 5.82 Å². The first-order chi connectivity index (χ1) is 16.1. The summed E-state index contributed by atoms with van der Waals surface area (Å²) in [5, 5.41) is 2.87. The van der Waals surface area contributed by atoms with E-state index in [9.17, 15) is 27.2 Å². The molecule has 1 spiro atoms. The summed E-state index contributed by atoms with van der Waals surface area (Å²) < 4.78 is 44.1. The second-order valence-corrected chi connectivity index (χ2v) is 10.4. The highest BCUT2D eigenvalue weighted by Crippen LogP contribution is 2.45. The first-order valence-corrected chi connectivity index (χ1v) is 12.2. The fraction of sp³-hybridized carbons (Fsp3) is 0.348. The summed E-state index contributed by atoms with van der Waals surface area (Å²) in [4.78, 5) is 39.7. The van der Waals surface area contributed by atoms with E-state index >= 15 is 0 Å². The quantitative estimate of drug-likeness (QED) is 0.623. The van der Waals surface area contributed by atoms with Crippen molar-refractivity contribution < 1.29 is 31.9 Å². The maximum absolute atomic E-state index is 13.2. The summed E-state index contributed by atoms with van der Waals surface area (Å²) in [5.41, 5.74) is -0.0171. The third-order valence-electron chi connectivity index (χ3n) is 6.15. The number of benzene rings is 2. The molecule has 2 aromatic rings. The largest absolute Gasteiger partial charge is 0.455 e. The van der Waals surface area contributed by atoms with Gasteiger partial charge < -0.3 is 10.1 Å². The van der Waals surface area contributed by atoms with E-state index in [1.807, 2.05) is 0 Å². The number of carbonyl (C=O) groups is 3. The van der Waals surface area contributed by atoms with Gasteiger partial charge in [-0.05, 0) is 49.2 Å². The molecule has 0 saturated heterocycles. The first-order valence-electron chi connectivity index (χ1n) is 10.8. The summed E-state index contributed by atoms with van der Waals surface area (Å²) in [6.45, 7) is -1.29. The van der Waals surface area contributed by atoms with Gasteiger partial charge >= 0.3 is 5.97 Å². The third kappa shape index (κ3) is 4.28. The molecule has 1 heterocycles. The molecule has 1 aliphatic carbocycles. The number of hydrogen-bond donors (Lipinski definition) is 1. The summed E-state index contributed by atoms with van der Waals surface area (Å²) in [7, 11) is -2.88. The lowest BCUT2D eigenvalue weighted by Crippen LogP contribution is -2.61. The summed E-state index contributed by atoms with van der Waals surface area (Å²) >= 11 is 0. The Labute approximate surface area is 196 Å². The van der Waals surface area contributed by atoms with E-state index in [0.29, 0.717) is 24.2 Å². The number of anilines is 2. The monoisotopic (exact) mass is 489 g/mol. The minimum absolute atomic E-state index is 0.181. The maximum atomic E-state index is 13.2. The number of sulfonamides is 1. The van der Waals surface area contributed by atoms with Crippen molar-refractivity contribution in [3.05, 3.63) is 54.3 Å². The SMILES string of the molecule is CN(CC(=O)OCC(=O)N1c2ccccc2NC(=O)C12CCCC2)S(=O)(=O)c1ccc(F)cc1. The van der Waals surface area contributed by atoms with Gasteiger partial charge in [0.15, 0.2) is 6.61 Å². The molecule has 2 aromatic carbocycles. The van der Waals surface area contributed by atoms with Crippen molar-refractivity contribution in [1.82, 2.24) is 4.31 Å². The van der Waals surface area contributed by atoms with Crippen LogP contribution >= 0.6 is 0 Å². The Morgan fingerprint density at radius 2 is 1.76 bits per heavy atom. The van der Waals surface area contributed by atoms with Crippen LogP contribution in [-0.2, 0) is 29.1 Å². The number of halogens is 1. The van der Waals surface area contributed by atoms with Gasteiger partial charge in [-0.2, -0.15) is 4.31 Å². The number of hydrogen-bond acceptors (Lipinski definition) is 6. The Kier molecular flexibility index (Phi) is 6.41. The zero-order valence-corrected chi connectivity index (χ0v) is 19.3. The molecule has 2 aliphatic rings. The predicted molar refractivity (Wildman–Crippen MR) is 121 cm³/mol. The lowest BCUT2D eigenvalue weighted by atomic mass is 9.90. The molecule has 1 aliphatic heterocycles. The van der Waals surface area contributed by atoms with Gasteiger partial charge in [-0.15, -0.1) is 0 Å². The fourth-order valence-electron chi connectivity index (χ4n) is 4.43. The van der Waals surface area contributed by atoms with E-state index in [-0.39, 0.29) is 10.8 Å². The molecule has 0 radical (unpaired) electrons. The van der Waals surface area contributed by atoms with Gasteiger partial charge in [0.25, 0.3) is 11.8 Å². The van der Waals surface area contributed by atoms with E-state index in [1.54, 1.807) is 24.3 Å². The molecule has 1 fully saturated rings. The van der Waals surface area contributed by atoms with Crippen LogP contribution in [0.2, 0.25) is 0 Å². The minimum Gasteiger partial charge on any atom is -0.455 e. The molecule has 11 heteroatoms. The molecular weight excluding hydrogens is 465 g/mol. The number of carbonyl (C=O) groups excluding carboxylic acids is 3. The Hall–Kier alpha value is -3.31. The van der Waals surface area contributed by atoms with E-state index in [0.717, 1.165) is 41.4 Å². The van der Waals surface area contributed by atoms with Crippen molar-refractivity contribution in [2.24, 2.45) is 0 Å². The molecule has 2 amide bonds. The van der Waals surface area contributed by atoms with Crippen LogP contribution in [0.15, 0.2) is 53.4 Å². The number of ether oxygens (including phenoxy) is 1. The van der Waals surface area contributed by atoms with Crippen LogP contribution in [0.5, 0.6) is 0 Å². The summed E-state index contributed by atoms with van der Waals surface area (Å²) in [5.74, 6) is -2.36. The third-order valence-corrected chi connectivity index (χ3v) is 7.97. The van der Waals surface area contributed by atoms with Crippen molar-refractivity contribution in [3.8, 4) is 0 Å². The molecule has 1 saturated carbocycles. The van der Waals surface area contributed by atoms with E-state index in [2.05, 4.69) is 5.32 Å². The molecule has 180 valence electrons. The zero-order valence-electron chi connectivity index (χ0n) is 18.5. The molecule has 1 N–H and O–H groups in total. The Bertz CT molecular complexity index is 1230. The molecule has 4 rings (SSSR count).